The molecule has 1 amide bonds. The standard InChI is InChI=1S/C22H19ClF2N2O3S/c1-3-27(18-10-6-16(25)7-11-18)22(28)20-14-19(12-13-21(20)23)31(29,30)26(2)17-8-4-15(24)5-9-17/h4-14H,3H2,1-2H3. The Morgan fingerprint density at radius 1 is 0.903 bits per heavy atom. The van der Waals surface area contributed by atoms with E-state index in [1.54, 1.807) is 6.92 Å². The first kappa shape index (κ1) is 22.7. The SMILES string of the molecule is CCN(C(=O)c1cc(S(=O)(=O)N(C)c2ccc(F)cc2)ccc1Cl)c1ccc(F)cc1. The highest BCUT2D eigenvalue weighted by molar-refractivity contribution is 7.92. The second-order valence-electron chi connectivity index (χ2n) is 6.62. The number of rotatable bonds is 6. The number of nitrogens with zero attached hydrogens (tertiary/aromatic N) is 2. The van der Waals surface area contributed by atoms with Crippen LogP contribution in [0.15, 0.2) is 71.6 Å². The van der Waals surface area contributed by atoms with Crippen molar-refractivity contribution in [2.24, 2.45) is 0 Å². The van der Waals surface area contributed by atoms with Crippen molar-refractivity contribution in [1.29, 1.82) is 0 Å². The number of anilines is 2. The molecule has 0 fully saturated rings. The zero-order chi connectivity index (χ0) is 22.8. The fourth-order valence-electron chi connectivity index (χ4n) is 2.99. The molecule has 0 bridgehead atoms. The van der Waals surface area contributed by atoms with E-state index in [-0.39, 0.29) is 27.7 Å². The maximum absolute atomic E-state index is 13.2. The van der Waals surface area contributed by atoms with E-state index in [0.29, 0.717) is 5.69 Å². The molecule has 0 radical (unpaired) electrons. The molecule has 0 aliphatic carbocycles. The summed E-state index contributed by atoms with van der Waals surface area (Å²) in [5, 5.41) is 0.0777. The quantitative estimate of drug-likeness (QED) is 0.509. The third kappa shape index (κ3) is 4.70. The van der Waals surface area contributed by atoms with Gasteiger partial charge in [0, 0.05) is 19.3 Å². The number of sulfonamides is 1. The summed E-state index contributed by atoms with van der Waals surface area (Å²) < 4.78 is 53.6. The molecular formula is C22H19ClF2N2O3S. The monoisotopic (exact) mass is 464 g/mol. The van der Waals surface area contributed by atoms with Crippen LogP contribution in [0, 0.1) is 11.6 Å². The first-order chi connectivity index (χ1) is 14.6. The van der Waals surface area contributed by atoms with Gasteiger partial charge in [-0.15, -0.1) is 0 Å². The third-order valence-corrected chi connectivity index (χ3v) is 6.83. The number of benzene rings is 3. The minimum atomic E-state index is -4.05. The summed E-state index contributed by atoms with van der Waals surface area (Å²) in [4.78, 5) is 14.3. The van der Waals surface area contributed by atoms with E-state index in [1.807, 2.05) is 0 Å². The predicted molar refractivity (Wildman–Crippen MR) is 117 cm³/mol. The molecule has 31 heavy (non-hydrogen) atoms. The van der Waals surface area contributed by atoms with Gasteiger partial charge in [-0.1, -0.05) is 11.6 Å². The van der Waals surface area contributed by atoms with Crippen molar-refractivity contribution < 1.29 is 22.0 Å². The fraction of sp³-hybridized carbons (Fsp3) is 0.136. The molecule has 5 nitrogen and oxygen atoms in total. The van der Waals surface area contributed by atoms with Gasteiger partial charge in [-0.05, 0) is 73.7 Å². The average molecular weight is 465 g/mol. The number of halogens is 3. The van der Waals surface area contributed by atoms with Crippen LogP contribution in [-0.4, -0.2) is 27.9 Å². The van der Waals surface area contributed by atoms with E-state index in [1.165, 1.54) is 66.5 Å². The van der Waals surface area contributed by atoms with Crippen molar-refractivity contribution >= 4 is 38.9 Å². The van der Waals surface area contributed by atoms with Crippen LogP contribution in [-0.2, 0) is 10.0 Å². The average Bonchev–Trinajstić information content (AvgIpc) is 2.75. The van der Waals surface area contributed by atoms with Gasteiger partial charge < -0.3 is 4.90 Å². The summed E-state index contributed by atoms with van der Waals surface area (Å²) in [5.74, 6) is -1.46. The summed E-state index contributed by atoms with van der Waals surface area (Å²) in [7, 11) is -2.72. The summed E-state index contributed by atoms with van der Waals surface area (Å²) in [6.45, 7) is 1.99. The highest BCUT2D eigenvalue weighted by atomic mass is 35.5. The van der Waals surface area contributed by atoms with Crippen LogP contribution in [0.3, 0.4) is 0 Å². The molecule has 0 spiro atoms. The van der Waals surface area contributed by atoms with Crippen LogP contribution >= 0.6 is 11.6 Å². The molecule has 0 unspecified atom stereocenters. The van der Waals surface area contributed by atoms with Gasteiger partial charge in [0.15, 0.2) is 0 Å². The Hall–Kier alpha value is -2.97. The number of carbonyl (C=O) groups is 1. The largest absolute Gasteiger partial charge is 0.309 e. The molecule has 3 aromatic rings. The lowest BCUT2D eigenvalue weighted by molar-refractivity contribution is 0.0988. The number of carbonyl (C=O) groups excluding carboxylic acids is 1. The predicted octanol–water partition coefficient (Wildman–Crippen LogP) is 5.11. The van der Waals surface area contributed by atoms with Gasteiger partial charge in [-0.2, -0.15) is 0 Å². The highest BCUT2D eigenvalue weighted by Gasteiger charge is 2.26. The molecule has 0 atom stereocenters. The first-order valence-corrected chi connectivity index (χ1v) is 11.1. The van der Waals surface area contributed by atoms with Gasteiger partial charge in [0.25, 0.3) is 15.9 Å². The van der Waals surface area contributed by atoms with E-state index >= 15 is 0 Å². The Balaban J connectivity index is 1.99. The molecule has 0 heterocycles. The molecule has 0 aromatic heterocycles. The topological polar surface area (TPSA) is 57.7 Å². The summed E-state index contributed by atoms with van der Waals surface area (Å²) in [6, 6.07) is 14.2. The Bertz CT molecular complexity index is 1200. The second kappa shape index (κ2) is 9.03. The van der Waals surface area contributed by atoms with Gasteiger partial charge in [0.1, 0.15) is 11.6 Å². The maximum atomic E-state index is 13.2. The molecule has 3 aromatic carbocycles. The van der Waals surface area contributed by atoms with Gasteiger partial charge in [-0.25, -0.2) is 17.2 Å². The molecule has 162 valence electrons. The van der Waals surface area contributed by atoms with Crippen molar-refractivity contribution in [3.63, 3.8) is 0 Å². The van der Waals surface area contributed by atoms with Crippen LogP contribution in [0.1, 0.15) is 17.3 Å². The van der Waals surface area contributed by atoms with Gasteiger partial charge in [-0.3, -0.25) is 9.10 Å². The van der Waals surface area contributed by atoms with Crippen molar-refractivity contribution in [2.45, 2.75) is 11.8 Å². The lowest BCUT2D eigenvalue weighted by atomic mass is 10.1. The van der Waals surface area contributed by atoms with Crippen molar-refractivity contribution in [3.8, 4) is 0 Å². The van der Waals surface area contributed by atoms with Crippen molar-refractivity contribution in [3.05, 3.63) is 89.0 Å². The maximum Gasteiger partial charge on any atom is 0.264 e. The Morgan fingerprint density at radius 2 is 1.42 bits per heavy atom. The summed E-state index contributed by atoms with van der Waals surface area (Å²) >= 11 is 6.21. The molecule has 9 heteroatoms. The van der Waals surface area contributed by atoms with Gasteiger partial charge >= 0.3 is 0 Å². The Kier molecular flexibility index (Phi) is 6.62. The highest BCUT2D eigenvalue weighted by Crippen LogP contribution is 2.28. The Morgan fingerprint density at radius 3 is 1.94 bits per heavy atom. The molecule has 0 N–H and O–H groups in total. The van der Waals surface area contributed by atoms with E-state index in [2.05, 4.69) is 0 Å². The summed E-state index contributed by atoms with van der Waals surface area (Å²) in [5.41, 5.74) is 0.689. The molecule has 0 saturated carbocycles. The van der Waals surface area contributed by atoms with Crippen LogP contribution in [0.2, 0.25) is 5.02 Å². The van der Waals surface area contributed by atoms with E-state index < -0.39 is 27.6 Å². The lowest BCUT2D eigenvalue weighted by Gasteiger charge is -2.23. The smallest absolute Gasteiger partial charge is 0.264 e. The third-order valence-electron chi connectivity index (χ3n) is 4.72. The van der Waals surface area contributed by atoms with E-state index in [9.17, 15) is 22.0 Å². The zero-order valence-corrected chi connectivity index (χ0v) is 18.3. The van der Waals surface area contributed by atoms with Crippen LogP contribution in [0.4, 0.5) is 20.2 Å². The minimum absolute atomic E-state index is 0.0126. The molecular weight excluding hydrogens is 446 g/mol. The molecule has 0 aliphatic rings. The number of hydrogen-bond donors (Lipinski definition) is 0. The van der Waals surface area contributed by atoms with Crippen LogP contribution in [0.25, 0.3) is 0 Å². The van der Waals surface area contributed by atoms with Crippen molar-refractivity contribution in [2.75, 3.05) is 22.8 Å². The van der Waals surface area contributed by atoms with E-state index in [4.69, 9.17) is 11.6 Å². The number of hydrogen-bond acceptors (Lipinski definition) is 3. The summed E-state index contributed by atoms with van der Waals surface area (Å²) in [6.07, 6.45) is 0. The molecule has 3 rings (SSSR count). The number of amides is 1. The molecule has 0 aliphatic heterocycles. The normalized spacial score (nSPS) is 11.3. The van der Waals surface area contributed by atoms with Gasteiger partial charge in [0.2, 0.25) is 0 Å². The zero-order valence-electron chi connectivity index (χ0n) is 16.7. The lowest BCUT2D eigenvalue weighted by Crippen LogP contribution is -2.31. The molecule has 0 saturated heterocycles. The minimum Gasteiger partial charge on any atom is -0.309 e. The van der Waals surface area contributed by atoms with Crippen LogP contribution < -0.4 is 9.21 Å². The Labute approximate surface area is 184 Å². The first-order valence-electron chi connectivity index (χ1n) is 9.26. The fourth-order valence-corrected chi connectivity index (χ4v) is 4.41. The van der Waals surface area contributed by atoms with E-state index in [0.717, 1.165) is 16.4 Å². The second-order valence-corrected chi connectivity index (χ2v) is 8.99. The van der Waals surface area contributed by atoms with Crippen molar-refractivity contribution in [1.82, 2.24) is 0 Å². The van der Waals surface area contributed by atoms with Crippen LogP contribution in [0.5, 0.6) is 0 Å². The van der Waals surface area contributed by atoms with Gasteiger partial charge in [0.05, 0.1) is 21.2 Å².